The molecule has 0 bridgehead atoms. The highest BCUT2D eigenvalue weighted by atomic mass is 32.2. The molecule has 0 unspecified atom stereocenters. The first-order valence-electron chi connectivity index (χ1n) is 18.4. The number of carbonyl (C=O) groups is 3. The lowest BCUT2D eigenvalue weighted by Crippen LogP contribution is -2.68. The van der Waals surface area contributed by atoms with Gasteiger partial charge in [0.15, 0.2) is 18.3 Å². The Balaban J connectivity index is 1.46. The summed E-state index contributed by atoms with van der Waals surface area (Å²) in [5, 5.41) is 1.75. The smallest absolute Gasteiger partial charge is 0.338 e. The highest BCUT2D eigenvalue weighted by Crippen LogP contribution is 2.39. The number of hydrogen-bond donors (Lipinski definition) is 0. The first-order chi connectivity index (χ1) is 26.6. The fraction of sp³-hybridized carbons (Fsp3) is 0.267. The van der Waals surface area contributed by atoms with Crippen molar-refractivity contribution in [1.82, 2.24) is 0 Å². The molecule has 5 atom stereocenters. The summed E-state index contributed by atoms with van der Waals surface area (Å²) in [5.74, 6) is -1.37. The number of benzene rings is 5. The molecule has 0 aliphatic carbocycles. The minimum atomic E-state index is -3.12. The van der Waals surface area contributed by atoms with E-state index < -0.39 is 56.1 Å². The van der Waals surface area contributed by atoms with E-state index in [1.54, 1.807) is 91.0 Å². The first kappa shape index (κ1) is 39.7. The van der Waals surface area contributed by atoms with Gasteiger partial charge in [0.2, 0.25) is 0 Å². The zero-order chi connectivity index (χ0) is 38.8. The van der Waals surface area contributed by atoms with E-state index in [1.165, 1.54) is 11.8 Å². The highest BCUT2D eigenvalue weighted by Gasteiger charge is 2.55. The number of thioether (sulfide) groups is 1. The Morgan fingerprint density at radius 3 is 1.31 bits per heavy atom. The van der Waals surface area contributed by atoms with Crippen molar-refractivity contribution in [3.63, 3.8) is 0 Å². The molecule has 284 valence electrons. The predicted octanol–water partition coefficient (Wildman–Crippen LogP) is 7.72. The fourth-order valence-corrected chi connectivity index (χ4v) is 12.5. The van der Waals surface area contributed by atoms with E-state index in [4.69, 9.17) is 23.4 Å². The average Bonchev–Trinajstić information content (AvgIpc) is 3.21. The van der Waals surface area contributed by atoms with Crippen molar-refractivity contribution in [3.8, 4) is 0 Å². The molecular weight excluding hydrogens is 729 g/mol. The number of rotatable bonds is 13. The monoisotopic (exact) mass is 774 g/mol. The van der Waals surface area contributed by atoms with Crippen LogP contribution in [-0.4, -0.2) is 68.4 Å². The zero-order valence-corrected chi connectivity index (χ0v) is 33.2. The molecule has 1 aliphatic rings. The van der Waals surface area contributed by atoms with Gasteiger partial charge in [0.1, 0.15) is 11.5 Å². The van der Waals surface area contributed by atoms with E-state index in [2.05, 4.69) is 45.0 Å². The van der Waals surface area contributed by atoms with Gasteiger partial charge in [0, 0.05) is 0 Å². The van der Waals surface area contributed by atoms with E-state index in [0.717, 1.165) is 10.4 Å². The third-order valence-electron chi connectivity index (χ3n) is 9.56. The van der Waals surface area contributed by atoms with Crippen LogP contribution in [0.2, 0.25) is 5.04 Å². The van der Waals surface area contributed by atoms with Gasteiger partial charge in [-0.1, -0.05) is 143 Å². The molecule has 0 N–H and O–H groups in total. The van der Waals surface area contributed by atoms with Gasteiger partial charge in [-0.2, -0.15) is 0 Å². The van der Waals surface area contributed by atoms with Gasteiger partial charge < -0.3 is 23.4 Å². The van der Waals surface area contributed by atoms with E-state index in [1.807, 2.05) is 43.3 Å². The van der Waals surface area contributed by atoms with E-state index in [9.17, 15) is 14.4 Å². The Labute approximate surface area is 328 Å². The van der Waals surface area contributed by atoms with Crippen LogP contribution >= 0.6 is 11.8 Å². The second-order valence-corrected chi connectivity index (χ2v) is 19.9. The lowest BCUT2D eigenvalue weighted by atomic mass is 9.98. The van der Waals surface area contributed by atoms with Crippen molar-refractivity contribution in [2.24, 2.45) is 0 Å². The summed E-state index contributed by atoms with van der Waals surface area (Å²) >= 11 is 1.40. The summed E-state index contributed by atoms with van der Waals surface area (Å²) in [5.41, 5.74) is 0.0803. The first-order valence-corrected chi connectivity index (χ1v) is 21.4. The Bertz CT molecular complexity index is 1950. The maximum Gasteiger partial charge on any atom is 0.338 e. The van der Waals surface area contributed by atoms with E-state index in [0.29, 0.717) is 16.9 Å². The van der Waals surface area contributed by atoms with Gasteiger partial charge in [-0.25, -0.2) is 14.4 Å². The summed E-state index contributed by atoms with van der Waals surface area (Å²) in [6.45, 7) is 8.46. The molecule has 55 heavy (non-hydrogen) atoms. The Morgan fingerprint density at radius 2 is 0.927 bits per heavy atom. The predicted molar refractivity (Wildman–Crippen MR) is 217 cm³/mol. The third kappa shape index (κ3) is 9.11. The Kier molecular flexibility index (Phi) is 13.1. The Morgan fingerprint density at radius 1 is 0.564 bits per heavy atom. The highest BCUT2D eigenvalue weighted by molar-refractivity contribution is 7.99. The van der Waals surface area contributed by atoms with Gasteiger partial charge in [-0.15, -0.1) is 11.8 Å². The van der Waals surface area contributed by atoms with Crippen LogP contribution in [0.1, 0.15) is 58.8 Å². The zero-order valence-electron chi connectivity index (χ0n) is 31.4. The second-order valence-electron chi connectivity index (χ2n) is 14.2. The molecule has 0 amide bonds. The lowest BCUT2D eigenvalue weighted by Gasteiger charge is -2.47. The minimum absolute atomic E-state index is 0.0282. The molecule has 5 aromatic rings. The fourth-order valence-electron chi connectivity index (χ4n) is 6.98. The maximum absolute atomic E-state index is 14.0. The molecule has 1 aliphatic heterocycles. The number of esters is 3. The molecule has 0 spiro atoms. The van der Waals surface area contributed by atoms with Crippen molar-refractivity contribution in [1.29, 1.82) is 0 Å². The van der Waals surface area contributed by atoms with Crippen LogP contribution in [0.5, 0.6) is 0 Å². The number of hydrogen-bond acceptors (Lipinski definition) is 9. The second kappa shape index (κ2) is 18.1. The van der Waals surface area contributed by atoms with Crippen LogP contribution in [-0.2, 0) is 23.4 Å². The van der Waals surface area contributed by atoms with Crippen LogP contribution in [0.4, 0.5) is 0 Å². The van der Waals surface area contributed by atoms with Crippen LogP contribution in [0, 0.1) is 0 Å². The van der Waals surface area contributed by atoms with E-state index >= 15 is 0 Å². The summed E-state index contributed by atoms with van der Waals surface area (Å²) in [4.78, 5) is 41.6. The van der Waals surface area contributed by atoms with Crippen LogP contribution in [0.25, 0.3) is 0 Å². The van der Waals surface area contributed by atoms with Crippen molar-refractivity contribution in [2.45, 2.75) is 62.6 Å². The van der Waals surface area contributed by atoms with Crippen LogP contribution in [0.3, 0.4) is 0 Å². The minimum Gasteiger partial charge on any atom is -0.452 e. The standard InChI is InChI=1S/C45H46O8SSi/c1-5-54-44-40(53-43(48)34-25-15-8-16-26-34)39(52-42(47)33-23-13-7-14-24-33)38(51-41(46)32-21-11-6-12-22-32)37(50-44)31-49-55(45(2,3)4,35-27-17-9-18-28-35)36-29-19-10-20-30-36/h6-30,37-40,44H,5,31H2,1-4H3/t37-,38-,39+,40-,44+/m1/s1. The molecule has 0 radical (unpaired) electrons. The van der Waals surface area contributed by atoms with Crippen LogP contribution in [0.15, 0.2) is 152 Å². The average molecular weight is 775 g/mol. The van der Waals surface area contributed by atoms with E-state index in [-0.39, 0.29) is 17.2 Å². The molecule has 1 saturated heterocycles. The SMILES string of the molecule is CCS[C@@H]1O[C@H](CO[Si](c2ccccc2)(c2ccccc2)C(C)(C)C)[C@@H](OC(=O)c2ccccc2)[C@H](OC(=O)c2ccccc2)[C@H]1OC(=O)c1ccccc1. The van der Waals surface area contributed by atoms with Gasteiger partial charge in [0.05, 0.1) is 23.3 Å². The largest absolute Gasteiger partial charge is 0.452 e. The summed E-state index contributed by atoms with van der Waals surface area (Å²) in [6.07, 6.45) is -4.64. The molecule has 0 saturated carbocycles. The van der Waals surface area contributed by atoms with Crippen molar-refractivity contribution < 1.29 is 37.8 Å². The van der Waals surface area contributed by atoms with Crippen molar-refractivity contribution >= 4 is 48.4 Å². The third-order valence-corrected chi connectivity index (χ3v) is 15.6. The maximum atomic E-state index is 14.0. The topological polar surface area (TPSA) is 97.4 Å². The van der Waals surface area contributed by atoms with Gasteiger partial charge >= 0.3 is 17.9 Å². The summed E-state index contributed by atoms with van der Waals surface area (Å²) in [7, 11) is -3.12. The molecule has 10 heteroatoms. The molecule has 5 aromatic carbocycles. The van der Waals surface area contributed by atoms with Crippen molar-refractivity contribution in [2.75, 3.05) is 12.4 Å². The molecule has 8 nitrogen and oxygen atoms in total. The molecule has 6 rings (SSSR count). The van der Waals surface area contributed by atoms with Gasteiger partial charge in [-0.3, -0.25) is 0 Å². The number of ether oxygens (including phenoxy) is 4. The molecule has 1 fully saturated rings. The van der Waals surface area contributed by atoms with Gasteiger partial charge in [0.25, 0.3) is 8.32 Å². The number of carbonyl (C=O) groups excluding carboxylic acids is 3. The summed E-state index contributed by atoms with van der Waals surface area (Å²) in [6, 6.07) is 46.1. The molecule has 0 aromatic heterocycles. The van der Waals surface area contributed by atoms with Crippen LogP contribution < -0.4 is 10.4 Å². The quantitative estimate of drug-likeness (QED) is 0.0677. The molecule has 1 heterocycles. The normalized spacial score (nSPS) is 19.9. The molecular formula is C45H46O8SSi. The lowest BCUT2D eigenvalue weighted by molar-refractivity contribution is -0.205. The van der Waals surface area contributed by atoms with Gasteiger partial charge in [-0.05, 0) is 57.6 Å². The van der Waals surface area contributed by atoms with Crippen molar-refractivity contribution in [3.05, 3.63) is 168 Å². The Hall–Kier alpha value is -5.00. The summed E-state index contributed by atoms with van der Waals surface area (Å²) < 4.78 is 33.0.